The number of carbonyl (C=O) groups is 2. The zero-order valence-electron chi connectivity index (χ0n) is 17.3. The van der Waals surface area contributed by atoms with Crippen LogP contribution < -0.4 is 15.4 Å². The molecule has 0 aliphatic carbocycles. The lowest BCUT2D eigenvalue weighted by atomic mass is 9.84. The van der Waals surface area contributed by atoms with Gasteiger partial charge in [0.1, 0.15) is 17.0 Å². The van der Waals surface area contributed by atoms with E-state index in [1.54, 1.807) is 19.1 Å². The summed E-state index contributed by atoms with van der Waals surface area (Å²) in [6.45, 7) is 11.1. The Morgan fingerprint density at radius 1 is 1.36 bits per heavy atom. The molecule has 1 spiro atoms. The second-order valence-corrected chi connectivity index (χ2v) is 8.54. The van der Waals surface area contributed by atoms with Crippen molar-refractivity contribution >= 4 is 12.1 Å². The van der Waals surface area contributed by atoms with Crippen LogP contribution in [0.2, 0.25) is 0 Å². The highest BCUT2D eigenvalue weighted by Gasteiger charge is 2.44. The minimum Gasteiger partial charge on any atom is -0.485 e. The van der Waals surface area contributed by atoms with E-state index >= 15 is 0 Å². The van der Waals surface area contributed by atoms with Crippen LogP contribution in [0.15, 0.2) is 12.1 Å². The average molecular weight is 390 g/mol. The molecule has 0 radical (unpaired) electrons. The molecule has 1 aromatic rings. The molecule has 1 aromatic carbocycles. The first-order valence-corrected chi connectivity index (χ1v) is 9.83. The van der Waals surface area contributed by atoms with Gasteiger partial charge in [0.2, 0.25) is 0 Å². The molecule has 7 nitrogen and oxygen atoms in total. The molecule has 1 saturated heterocycles. The number of alkyl carbamates (subject to hydrolysis) is 1. The van der Waals surface area contributed by atoms with Gasteiger partial charge in [0.15, 0.2) is 0 Å². The van der Waals surface area contributed by atoms with Crippen molar-refractivity contribution in [2.75, 3.05) is 19.7 Å². The van der Waals surface area contributed by atoms with E-state index in [-0.39, 0.29) is 12.0 Å². The highest BCUT2D eigenvalue weighted by atomic mass is 16.6. The van der Waals surface area contributed by atoms with E-state index in [0.29, 0.717) is 30.9 Å². The maximum Gasteiger partial charge on any atom is 0.408 e. The minimum atomic E-state index is -0.576. The van der Waals surface area contributed by atoms with E-state index in [2.05, 4.69) is 10.6 Å². The third kappa shape index (κ3) is 4.41. The van der Waals surface area contributed by atoms with E-state index in [1.165, 1.54) is 0 Å². The lowest BCUT2D eigenvalue weighted by Crippen LogP contribution is -2.47. The van der Waals surface area contributed by atoms with Crippen molar-refractivity contribution < 1.29 is 23.8 Å². The molecule has 2 N–H and O–H groups in total. The number of carbonyl (C=O) groups excluding carboxylic acids is 2. The number of nitrogens with one attached hydrogen (secondary N) is 2. The second kappa shape index (κ2) is 7.62. The number of hydrogen-bond donors (Lipinski definition) is 2. The van der Waals surface area contributed by atoms with Gasteiger partial charge in [0.25, 0.3) is 0 Å². The van der Waals surface area contributed by atoms with Crippen LogP contribution in [0, 0.1) is 6.92 Å². The molecule has 28 heavy (non-hydrogen) atoms. The van der Waals surface area contributed by atoms with Gasteiger partial charge in [0.05, 0.1) is 18.2 Å². The number of amides is 1. The Hall–Kier alpha value is -2.28. The fourth-order valence-electron chi connectivity index (χ4n) is 3.93. The van der Waals surface area contributed by atoms with Crippen LogP contribution in [0.3, 0.4) is 0 Å². The van der Waals surface area contributed by atoms with E-state index in [1.807, 2.05) is 27.7 Å². The van der Waals surface area contributed by atoms with Crippen LogP contribution in [-0.4, -0.2) is 43.0 Å². The summed E-state index contributed by atoms with van der Waals surface area (Å²) in [4.78, 5) is 24.7. The molecule has 2 aliphatic rings. The van der Waals surface area contributed by atoms with Crippen molar-refractivity contribution in [1.29, 1.82) is 0 Å². The van der Waals surface area contributed by atoms with E-state index in [0.717, 1.165) is 24.1 Å². The Labute approximate surface area is 166 Å². The SMILES string of the molecule is CCOC(=O)c1cc(C)c2c(c1)OC1(CCNC1)CC2NC(=O)OC(C)(C)C. The maximum atomic E-state index is 12.4. The number of hydrogen-bond acceptors (Lipinski definition) is 6. The van der Waals surface area contributed by atoms with Crippen molar-refractivity contribution in [3.63, 3.8) is 0 Å². The molecule has 2 atom stereocenters. The quantitative estimate of drug-likeness (QED) is 0.771. The number of aryl methyl sites for hydroxylation is 1. The van der Waals surface area contributed by atoms with Gasteiger partial charge in [-0.05, 0) is 58.9 Å². The number of esters is 1. The standard InChI is InChI=1S/C21H30N2O5/c1-6-26-18(24)14-9-13(2)17-15(23-19(25)28-20(3,4)5)11-21(7-8-22-12-21)27-16(17)10-14/h9-10,15,22H,6-8,11-12H2,1-5H3,(H,23,25). The van der Waals surface area contributed by atoms with Crippen LogP contribution in [0.5, 0.6) is 5.75 Å². The predicted octanol–water partition coefficient (Wildman–Crippen LogP) is 3.25. The van der Waals surface area contributed by atoms with Crippen molar-refractivity contribution in [3.8, 4) is 5.75 Å². The Kier molecular flexibility index (Phi) is 5.57. The van der Waals surface area contributed by atoms with Gasteiger partial charge in [-0.1, -0.05) is 0 Å². The van der Waals surface area contributed by atoms with Crippen LogP contribution in [0.1, 0.15) is 68.1 Å². The Morgan fingerprint density at radius 2 is 2.11 bits per heavy atom. The van der Waals surface area contributed by atoms with Crippen molar-refractivity contribution in [3.05, 3.63) is 28.8 Å². The lowest BCUT2D eigenvalue weighted by Gasteiger charge is -2.40. The van der Waals surface area contributed by atoms with Crippen molar-refractivity contribution in [2.24, 2.45) is 0 Å². The molecule has 3 rings (SSSR count). The molecule has 0 aromatic heterocycles. The van der Waals surface area contributed by atoms with E-state index < -0.39 is 17.3 Å². The van der Waals surface area contributed by atoms with Gasteiger partial charge in [-0.15, -0.1) is 0 Å². The summed E-state index contributed by atoms with van der Waals surface area (Å²) < 4.78 is 17.0. The number of rotatable bonds is 3. The van der Waals surface area contributed by atoms with Crippen molar-refractivity contribution in [1.82, 2.24) is 10.6 Å². The highest BCUT2D eigenvalue weighted by Crippen LogP contribution is 2.44. The Balaban J connectivity index is 1.95. The molecule has 0 saturated carbocycles. The van der Waals surface area contributed by atoms with Crippen LogP contribution in [0.4, 0.5) is 4.79 Å². The third-order valence-electron chi connectivity index (χ3n) is 5.01. The minimum absolute atomic E-state index is 0.255. The first-order chi connectivity index (χ1) is 13.1. The maximum absolute atomic E-state index is 12.4. The Morgan fingerprint density at radius 3 is 2.71 bits per heavy atom. The normalized spacial score (nSPS) is 23.7. The summed E-state index contributed by atoms with van der Waals surface area (Å²) in [5.41, 5.74) is 1.23. The molecular formula is C21H30N2O5. The van der Waals surface area contributed by atoms with Crippen LogP contribution >= 0.6 is 0 Å². The molecule has 7 heteroatoms. The smallest absolute Gasteiger partial charge is 0.408 e. The zero-order valence-corrected chi connectivity index (χ0v) is 17.3. The summed E-state index contributed by atoms with van der Waals surface area (Å²) in [6, 6.07) is 3.26. The monoisotopic (exact) mass is 390 g/mol. The molecule has 1 fully saturated rings. The molecule has 2 unspecified atom stereocenters. The topological polar surface area (TPSA) is 85.9 Å². The highest BCUT2D eigenvalue weighted by molar-refractivity contribution is 5.90. The molecule has 1 amide bonds. The zero-order chi connectivity index (χ0) is 20.5. The van der Waals surface area contributed by atoms with Gasteiger partial charge in [-0.3, -0.25) is 0 Å². The number of benzene rings is 1. The molecular weight excluding hydrogens is 360 g/mol. The van der Waals surface area contributed by atoms with Crippen molar-refractivity contribution in [2.45, 2.75) is 64.7 Å². The molecule has 2 aliphatic heterocycles. The summed E-state index contributed by atoms with van der Waals surface area (Å²) in [6.07, 6.45) is 1.02. The van der Waals surface area contributed by atoms with Gasteiger partial charge in [-0.25, -0.2) is 9.59 Å². The first kappa shape index (κ1) is 20.5. The lowest BCUT2D eigenvalue weighted by molar-refractivity contribution is 0.0315. The fraction of sp³-hybridized carbons (Fsp3) is 0.619. The summed E-state index contributed by atoms with van der Waals surface area (Å²) >= 11 is 0. The molecule has 0 bridgehead atoms. The first-order valence-electron chi connectivity index (χ1n) is 9.83. The van der Waals surface area contributed by atoms with Gasteiger partial charge in [0, 0.05) is 24.9 Å². The van der Waals surface area contributed by atoms with Gasteiger partial charge in [-0.2, -0.15) is 0 Å². The van der Waals surface area contributed by atoms with Crippen LogP contribution in [0.25, 0.3) is 0 Å². The average Bonchev–Trinajstić information content (AvgIpc) is 2.99. The number of fused-ring (bicyclic) bond motifs is 1. The summed E-state index contributed by atoms with van der Waals surface area (Å²) in [5, 5.41) is 6.35. The summed E-state index contributed by atoms with van der Waals surface area (Å²) in [5.74, 6) is 0.247. The van der Waals surface area contributed by atoms with Gasteiger partial charge < -0.3 is 24.8 Å². The second-order valence-electron chi connectivity index (χ2n) is 8.54. The van der Waals surface area contributed by atoms with E-state index in [9.17, 15) is 9.59 Å². The fourth-order valence-corrected chi connectivity index (χ4v) is 3.93. The molecule has 2 heterocycles. The van der Waals surface area contributed by atoms with E-state index in [4.69, 9.17) is 14.2 Å². The molecule has 154 valence electrons. The van der Waals surface area contributed by atoms with Gasteiger partial charge >= 0.3 is 12.1 Å². The van der Waals surface area contributed by atoms with Crippen LogP contribution in [-0.2, 0) is 9.47 Å². The number of ether oxygens (including phenoxy) is 3. The summed E-state index contributed by atoms with van der Waals surface area (Å²) in [7, 11) is 0. The predicted molar refractivity (Wildman–Crippen MR) is 105 cm³/mol. The Bertz CT molecular complexity index is 763. The largest absolute Gasteiger partial charge is 0.485 e. The third-order valence-corrected chi connectivity index (χ3v) is 5.01.